The van der Waals surface area contributed by atoms with E-state index in [2.05, 4.69) is 22.2 Å². The normalized spacial score (nSPS) is 13.7. The summed E-state index contributed by atoms with van der Waals surface area (Å²) in [4.78, 5) is 28.8. The topological polar surface area (TPSA) is 114 Å². The summed E-state index contributed by atoms with van der Waals surface area (Å²) >= 11 is 0. The zero-order valence-corrected chi connectivity index (χ0v) is 19.2. The molecule has 3 unspecified atom stereocenters. The maximum absolute atomic E-state index is 13.0. The van der Waals surface area contributed by atoms with Gasteiger partial charge in [0.15, 0.2) is 0 Å². The van der Waals surface area contributed by atoms with Gasteiger partial charge in [-0.1, -0.05) is 54.6 Å². The van der Waals surface area contributed by atoms with Crippen molar-refractivity contribution in [1.29, 1.82) is 0 Å². The van der Waals surface area contributed by atoms with Gasteiger partial charge in [0.25, 0.3) is 0 Å². The molecule has 7 heteroatoms. The molecule has 0 aliphatic carbocycles. The molecule has 0 saturated heterocycles. The molecule has 0 saturated carbocycles. The third kappa shape index (κ3) is 7.04. The molecule has 0 spiro atoms. The van der Waals surface area contributed by atoms with E-state index in [4.69, 9.17) is 0 Å². The van der Waals surface area contributed by atoms with E-state index < -0.39 is 18.0 Å². The van der Waals surface area contributed by atoms with Gasteiger partial charge < -0.3 is 25.8 Å². The highest BCUT2D eigenvalue weighted by Crippen LogP contribution is 2.19. The van der Waals surface area contributed by atoms with Crippen LogP contribution < -0.4 is 10.6 Å². The number of aliphatic hydroxyl groups is 2. The minimum absolute atomic E-state index is 0.0334. The van der Waals surface area contributed by atoms with Crippen LogP contribution in [0.25, 0.3) is 10.9 Å². The highest BCUT2D eigenvalue weighted by atomic mass is 16.3. The summed E-state index contributed by atoms with van der Waals surface area (Å²) in [6.45, 7) is 3.29. The van der Waals surface area contributed by atoms with Gasteiger partial charge in [0.2, 0.25) is 11.8 Å². The number of aliphatic hydroxyl groups excluding tert-OH is 2. The van der Waals surface area contributed by atoms with Crippen molar-refractivity contribution in [2.75, 3.05) is 13.2 Å². The number of aromatic amines is 1. The molecule has 1 aromatic heterocycles. The average Bonchev–Trinajstić information content (AvgIpc) is 3.26. The molecule has 3 rings (SSSR count). The quantitative estimate of drug-likeness (QED) is 0.251. The van der Waals surface area contributed by atoms with Gasteiger partial charge in [-0.15, -0.1) is 6.58 Å². The lowest BCUT2D eigenvalue weighted by Crippen LogP contribution is -2.45. The molecular formula is C27H33N3O4. The first-order chi connectivity index (χ1) is 16.5. The van der Waals surface area contributed by atoms with Crippen LogP contribution in [0.3, 0.4) is 0 Å². The van der Waals surface area contributed by atoms with Gasteiger partial charge in [-0.25, -0.2) is 0 Å². The Kier molecular flexibility index (Phi) is 9.43. The molecule has 0 radical (unpaired) electrons. The summed E-state index contributed by atoms with van der Waals surface area (Å²) in [5.41, 5.74) is 3.00. The first-order valence-electron chi connectivity index (χ1n) is 11.5. The Balaban J connectivity index is 1.58. The molecule has 5 N–H and O–H groups in total. The number of carbonyl (C=O) groups is 2. The molecule has 2 amide bonds. The fourth-order valence-corrected chi connectivity index (χ4v) is 4.10. The number of hydrogen-bond acceptors (Lipinski definition) is 4. The average molecular weight is 464 g/mol. The first kappa shape index (κ1) is 25.2. The minimum Gasteiger partial charge on any atom is -0.394 e. The predicted octanol–water partition coefficient (Wildman–Crippen LogP) is 2.49. The number of nitrogens with one attached hydrogen (secondary N) is 3. The van der Waals surface area contributed by atoms with Crippen LogP contribution in [0, 0.1) is 5.92 Å². The lowest BCUT2D eigenvalue weighted by molar-refractivity contribution is -0.131. The van der Waals surface area contributed by atoms with Crippen molar-refractivity contribution < 1.29 is 19.8 Å². The zero-order valence-electron chi connectivity index (χ0n) is 19.2. The molecule has 3 atom stereocenters. The molecule has 0 fully saturated rings. The van der Waals surface area contributed by atoms with Crippen LogP contribution in [0.2, 0.25) is 0 Å². The van der Waals surface area contributed by atoms with Crippen molar-refractivity contribution in [1.82, 2.24) is 15.6 Å². The lowest BCUT2D eigenvalue weighted by Gasteiger charge is -2.22. The minimum atomic E-state index is -0.620. The number of amides is 2. The van der Waals surface area contributed by atoms with Crippen LogP contribution >= 0.6 is 0 Å². The second kappa shape index (κ2) is 12.7. The number of H-pyrrole nitrogens is 1. The second-order valence-corrected chi connectivity index (χ2v) is 8.51. The number of allylic oxidation sites excluding steroid dienone is 1. The molecule has 7 nitrogen and oxygen atoms in total. The van der Waals surface area contributed by atoms with Gasteiger partial charge in [-0.05, 0) is 36.5 Å². The monoisotopic (exact) mass is 463 g/mol. The largest absolute Gasteiger partial charge is 0.394 e. The number of aromatic nitrogens is 1. The zero-order chi connectivity index (χ0) is 24.3. The van der Waals surface area contributed by atoms with Crippen molar-refractivity contribution in [2.24, 2.45) is 5.92 Å². The third-order valence-electron chi connectivity index (χ3n) is 5.87. The van der Waals surface area contributed by atoms with Crippen molar-refractivity contribution in [3.05, 3.63) is 84.6 Å². The van der Waals surface area contributed by atoms with Crippen LogP contribution in [-0.4, -0.2) is 52.3 Å². The van der Waals surface area contributed by atoms with Crippen molar-refractivity contribution in [2.45, 2.75) is 37.8 Å². The third-order valence-corrected chi connectivity index (χ3v) is 5.87. The van der Waals surface area contributed by atoms with Crippen LogP contribution in [0.15, 0.2) is 73.4 Å². The standard InChI is InChI=1S/C27H33N3O4/c1-2-8-20(15-26(33)29-22(17-31)13-19-9-4-3-5-10-19)27(34)30-23(18-32)14-21-16-28-25-12-7-6-11-24(21)25/h2-7,9-12,16,20,22-23,28,31-32H,1,8,13-15,17-18H2,(H,29,33)(H,30,34). The van der Waals surface area contributed by atoms with E-state index in [0.717, 1.165) is 22.0 Å². The fourth-order valence-electron chi connectivity index (χ4n) is 4.10. The molecule has 3 aromatic rings. The maximum Gasteiger partial charge on any atom is 0.224 e. The number of benzene rings is 2. The van der Waals surface area contributed by atoms with Crippen molar-refractivity contribution in [3.8, 4) is 0 Å². The van der Waals surface area contributed by atoms with Crippen molar-refractivity contribution in [3.63, 3.8) is 0 Å². The first-order valence-corrected chi connectivity index (χ1v) is 11.5. The van der Waals surface area contributed by atoms with Gasteiger partial charge >= 0.3 is 0 Å². The number of para-hydroxylation sites is 1. The Morgan fingerprint density at radius 3 is 2.32 bits per heavy atom. The summed E-state index contributed by atoms with van der Waals surface area (Å²) in [5, 5.41) is 26.3. The summed E-state index contributed by atoms with van der Waals surface area (Å²) in [7, 11) is 0. The van der Waals surface area contributed by atoms with E-state index in [-0.39, 0.29) is 31.4 Å². The second-order valence-electron chi connectivity index (χ2n) is 8.51. The van der Waals surface area contributed by atoms with Gasteiger partial charge in [0.1, 0.15) is 0 Å². The Labute approximate surface area is 199 Å². The molecule has 180 valence electrons. The summed E-state index contributed by atoms with van der Waals surface area (Å²) in [5.74, 6) is -1.24. The molecule has 2 aromatic carbocycles. The lowest BCUT2D eigenvalue weighted by atomic mass is 9.97. The maximum atomic E-state index is 13.0. The number of carbonyl (C=O) groups excluding carboxylic acids is 2. The number of hydrogen-bond donors (Lipinski definition) is 5. The van der Waals surface area contributed by atoms with Gasteiger partial charge in [0, 0.05) is 23.5 Å². The Hall–Kier alpha value is -3.42. The smallest absolute Gasteiger partial charge is 0.224 e. The molecule has 0 aliphatic rings. The van der Waals surface area contributed by atoms with Crippen molar-refractivity contribution >= 4 is 22.7 Å². The van der Waals surface area contributed by atoms with E-state index in [9.17, 15) is 19.8 Å². The number of rotatable bonds is 13. The predicted molar refractivity (Wildman–Crippen MR) is 133 cm³/mol. The van der Waals surface area contributed by atoms with E-state index in [1.165, 1.54) is 0 Å². The van der Waals surface area contributed by atoms with E-state index in [0.29, 0.717) is 19.3 Å². The van der Waals surface area contributed by atoms with E-state index in [1.54, 1.807) is 6.08 Å². The Morgan fingerprint density at radius 1 is 0.941 bits per heavy atom. The van der Waals surface area contributed by atoms with E-state index >= 15 is 0 Å². The molecule has 1 heterocycles. The highest BCUT2D eigenvalue weighted by Gasteiger charge is 2.25. The molecule has 34 heavy (non-hydrogen) atoms. The summed E-state index contributed by atoms with van der Waals surface area (Å²) < 4.78 is 0. The molecule has 0 bridgehead atoms. The number of fused-ring (bicyclic) bond motifs is 1. The van der Waals surface area contributed by atoms with Crippen LogP contribution in [-0.2, 0) is 22.4 Å². The Morgan fingerprint density at radius 2 is 1.62 bits per heavy atom. The summed E-state index contributed by atoms with van der Waals surface area (Å²) in [6, 6.07) is 16.5. The fraction of sp³-hybridized carbons (Fsp3) is 0.333. The van der Waals surface area contributed by atoms with E-state index in [1.807, 2.05) is 60.8 Å². The molecule has 0 aliphatic heterocycles. The van der Waals surface area contributed by atoms with Crippen LogP contribution in [0.4, 0.5) is 0 Å². The SMILES string of the molecule is C=CCC(CC(=O)NC(CO)Cc1ccccc1)C(=O)NC(CO)Cc1c[nH]c2ccccc12. The Bertz CT molecular complexity index is 1080. The van der Waals surface area contributed by atoms with Crippen LogP contribution in [0.5, 0.6) is 0 Å². The van der Waals surface area contributed by atoms with Gasteiger partial charge in [0.05, 0.1) is 31.2 Å². The van der Waals surface area contributed by atoms with Crippen LogP contribution in [0.1, 0.15) is 24.0 Å². The highest BCUT2D eigenvalue weighted by molar-refractivity contribution is 5.86. The molecular weight excluding hydrogens is 430 g/mol. The summed E-state index contributed by atoms with van der Waals surface area (Å²) in [6.07, 6.45) is 4.75. The van der Waals surface area contributed by atoms with Gasteiger partial charge in [-0.3, -0.25) is 9.59 Å². The van der Waals surface area contributed by atoms with Gasteiger partial charge in [-0.2, -0.15) is 0 Å².